The molecule has 7 heteroatoms. The van der Waals surface area contributed by atoms with Crippen molar-refractivity contribution in [1.82, 2.24) is 20.4 Å². The van der Waals surface area contributed by atoms with Gasteiger partial charge in [0.25, 0.3) is 0 Å². The average Bonchev–Trinajstić information content (AvgIpc) is 3.38. The highest BCUT2D eigenvalue weighted by molar-refractivity contribution is 5.78. The molecule has 0 aromatic carbocycles. The number of amides is 1. The molecule has 1 aromatic heterocycles. The fraction of sp³-hybridized carbons (Fsp3) is 0.842. The second kappa shape index (κ2) is 8.48. The molecule has 3 aliphatic rings. The molecule has 1 N–H and O–H groups in total. The van der Waals surface area contributed by atoms with Gasteiger partial charge in [0.05, 0.1) is 12.5 Å². The van der Waals surface area contributed by atoms with Crippen LogP contribution in [-0.4, -0.2) is 53.3 Å². The summed E-state index contributed by atoms with van der Waals surface area (Å²) in [6, 6.07) is 0.575. The van der Waals surface area contributed by atoms with E-state index in [1.807, 2.05) is 0 Å². The standard InChI is InChI=1S/C19H30N4O3/c24-18(15-6-3-9-23(13-15)16-7-10-25-11-8-16)20-12-17-21-19(26-22-17)14-4-1-2-5-14/h14-16H,1-13H2,(H,20,24)/t15-/m0/s1. The van der Waals surface area contributed by atoms with Crippen molar-refractivity contribution in [3.05, 3.63) is 11.7 Å². The molecule has 7 nitrogen and oxygen atoms in total. The molecule has 0 bridgehead atoms. The lowest BCUT2D eigenvalue weighted by atomic mass is 9.94. The molecule has 2 saturated heterocycles. The van der Waals surface area contributed by atoms with E-state index in [-0.39, 0.29) is 11.8 Å². The number of likely N-dealkylation sites (tertiary alicyclic amines) is 1. The van der Waals surface area contributed by atoms with Crippen molar-refractivity contribution in [2.24, 2.45) is 5.92 Å². The zero-order valence-electron chi connectivity index (χ0n) is 15.5. The van der Waals surface area contributed by atoms with E-state index in [1.54, 1.807) is 0 Å². The van der Waals surface area contributed by atoms with Gasteiger partial charge in [-0.05, 0) is 45.1 Å². The molecule has 0 spiro atoms. The topological polar surface area (TPSA) is 80.5 Å². The van der Waals surface area contributed by atoms with Crippen LogP contribution >= 0.6 is 0 Å². The minimum absolute atomic E-state index is 0.0628. The van der Waals surface area contributed by atoms with Crippen molar-refractivity contribution >= 4 is 5.91 Å². The van der Waals surface area contributed by atoms with Gasteiger partial charge in [-0.3, -0.25) is 9.69 Å². The van der Waals surface area contributed by atoms with E-state index in [0.717, 1.165) is 70.7 Å². The molecule has 3 heterocycles. The van der Waals surface area contributed by atoms with Crippen LogP contribution in [0.3, 0.4) is 0 Å². The summed E-state index contributed by atoms with van der Waals surface area (Å²) in [5.41, 5.74) is 0. The Hall–Kier alpha value is -1.47. The van der Waals surface area contributed by atoms with Crippen LogP contribution in [0.25, 0.3) is 0 Å². The number of aromatic nitrogens is 2. The van der Waals surface area contributed by atoms with Gasteiger partial charge in [0.2, 0.25) is 11.8 Å². The van der Waals surface area contributed by atoms with Gasteiger partial charge >= 0.3 is 0 Å². The van der Waals surface area contributed by atoms with Crippen LogP contribution in [-0.2, 0) is 16.1 Å². The van der Waals surface area contributed by atoms with E-state index < -0.39 is 0 Å². The number of nitrogens with one attached hydrogen (secondary N) is 1. The molecule has 26 heavy (non-hydrogen) atoms. The Kier molecular flexibility index (Phi) is 5.84. The van der Waals surface area contributed by atoms with E-state index in [0.29, 0.717) is 24.3 Å². The lowest BCUT2D eigenvalue weighted by Crippen LogP contribution is -2.48. The molecule has 144 valence electrons. The Bertz CT molecular complexity index is 593. The first kappa shape index (κ1) is 17.9. The fourth-order valence-electron chi connectivity index (χ4n) is 4.59. The summed E-state index contributed by atoms with van der Waals surface area (Å²) in [7, 11) is 0. The van der Waals surface area contributed by atoms with Gasteiger partial charge < -0.3 is 14.6 Å². The molecule has 1 aromatic rings. The van der Waals surface area contributed by atoms with Crippen molar-refractivity contribution < 1.29 is 14.1 Å². The molecule has 4 rings (SSSR count). The van der Waals surface area contributed by atoms with Crippen LogP contribution in [0.5, 0.6) is 0 Å². The highest BCUT2D eigenvalue weighted by atomic mass is 16.5. The van der Waals surface area contributed by atoms with Crippen molar-refractivity contribution in [3.8, 4) is 0 Å². The normalized spacial score (nSPS) is 26.2. The zero-order chi connectivity index (χ0) is 17.8. The highest BCUT2D eigenvalue weighted by Gasteiger charge is 2.30. The third-order valence-corrected chi connectivity index (χ3v) is 6.14. The smallest absolute Gasteiger partial charge is 0.229 e. The maximum atomic E-state index is 12.6. The third-order valence-electron chi connectivity index (χ3n) is 6.14. The molecule has 1 aliphatic carbocycles. The Balaban J connectivity index is 1.26. The Morgan fingerprint density at radius 1 is 1.12 bits per heavy atom. The van der Waals surface area contributed by atoms with Gasteiger partial charge in [0, 0.05) is 31.7 Å². The fourth-order valence-corrected chi connectivity index (χ4v) is 4.59. The maximum absolute atomic E-state index is 12.6. The van der Waals surface area contributed by atoms with Crippen molar-refractivity contribution in [2.45, 2.75) is 69.9 Å². The monoisotopic (exact) mass is 362 g/mol. The van der Waals surface area contributed by atoms with Gasteiger partial charge in [-0.2, -0.15) is 4.98 Å². The number of rotatable bonds is 5. The van der Waals surface area contributed by atoms with Crippen LogP contribution in [0, 0.1) is 5.92 Å². The van der Waals surface area contributed by atoms with E-state index in [9.17, 15) is 4.79 Å². The molecule has 0 radical (unpaired) electrons. The number of carbonyl (C=O) groups excluding carboxylic acids is 1. The second-order valence-corrected chi connectivity index (χ2v) is 7.93. The Labute approximate surface area is 154 Å². The maximum Gasteiger partial charge on any atom is 0.229 e. The summed E-state index contributed by atoms with van der Waals surface area (Å²) in [6.07, 6.45) is 8.97. The number of carbonyl (C=O) groups is 1. The number of ether oxygens (including phenoxy) is 1. The summed E-state index contributed by atoms with van der Waals surface area (Å²) in [6.45, 7) is 4.02. The molecular formula is C19H30N4O3. The number of hydrogen-bond acceptors (Lipinski definition) is 6. The highest BCUT2D eigenvalue weighted by Crippen LogP contribution is 2.32. The quantitative estimate of drug-likeness (QED) is 0.865. The van der Waals surface area contributed by atoms with Crippen LogP contribution in [0.4, 0.5) is 0 Å². The number of hydrogen-bond donors (Lipinski definition) is 1. The summed E-state index contributed by atoms with van der Waals surface area (Å²) < 4.78 is 10.9. The third kappa shape index (κ3) is 4.26. The van der Waals surface area contributed by atoms with Crippen LogP contribution in [0.15, 0.2) is 4.52 Å². The molecule has 1 saturated carbocycles. The lowest BCUT2D eigenvalue weighted by Gasteiger charge is -2.39. The Morgan fingerprint density at radius 2 is 1.92 bits per heavy atom. The first-order chi connectivity index (χ1) is 12.8. The van der Waals surface area contributed by atoms with Gasteiger partial charge in [-0.25, -0.2) is 0 Å². The van der Waals surface area contributed by atoms with Gasteiger partial charge in [-0.15, -0.1) is 0 Å². The predicted molar refractivity (Wildman–Crippen MR) is 95.5 cm³/mol. The first-order valence-corrected chi connectivity index (χ1v) is 10.2. The van der Waals surface area contributed by atoms with Crippen molar-refractivity contribution in [1.29, 1.82) is 0 Å². The molecule has 0 unspecified atom stereocenters. The minimum Gasteiger partial charge on any atom is -0.381 e. The van der Waals surface area contributed by atoms with Crippen LogP contribution in [0.2, 0.25) is 0 Å². The van der Waals surface area contributed by atoms with E-state index in [1.165, 1.54) is 12.8 Å². The molecule has 3 fully saturated rings. The second-order valence-electron chi connectivity index (χ2n) is 7.93. The number of piperidine rings is 1. The molecule has 1 atom stereocenters. The van der Waals surface area contributed by atoms with Crippen molar-refractivity contribution in [2.75, 3.05) is 26.3 Å². The van der Waals surface area contributed by atoms with Crippen molar-refractivity contribution in [3.63, 3.8) is 0 Å². The zero-order valence-corrected chi connectivity index (χ0v) is 15.5. The Morgan fingerprint density at radius 3 is 2.73 bits per heavy atom. The summed E-state index contributed by atoms with van der Waals surface area (Å²) in [4.78, 5) is 19.6. The number of nitrogens with zero attached hydrogens (tertiary/aromatic N) is 3. The SMILES string of the molecule is O=C(NCc1noc(C2CCCC2)n1)[C@H]1CCCN(C2CCOCC2)C1. The summed E-state index contributed by atoms with van der Waals surface area (Å²) >= 11 is 0. The van der Waals surface area contributed by atoms with Gasteiger partial charge in [0.15, 0.2) is 5.82 Å². The van der Waals surface area contributed by atoms with Crippen LogP contribution in [0.1, 0.15) is 69.0 Å². The van der Waals surface area contributed by atoms with E-state index in [2.05, 4.69) is 20.4 Å². The first-order valence-electron chi connectivity index (χ1n) is 10.2. The minimum atomic E-state index is 0.0628. The lowest BCUT2D eigenvalue weighted by molar-refractivity contribution is -0.127. The molecule has 2 aliphatic heterocycles. The summed E-state index contributed by atoms with van der Waals surface area (Å²) in [5, 5.41) is 7.06. The average molecular weight is 362 g/mol. The largest absolute Gasteiger partial charge is 0.381 e. The molecular weight excluding hydrogens is 332 g/mol. The molecule has 1 amide bonds. The van der Waals surface area contributed by atoms with Gasteiger partial charge in [-0.1, -0.05) is 18.0 Å². The van der Waals surface area contributed by atoms with Gasteiger partial charge in [0.1, 0.15) is 0 Å². The van der Waals surface area contributed by atoms with Crippen LogP contribution < -0.4 is 5.32 Å². The van der Waals surface area contributed by atoms with E-state index >= 15 is 0 Å². The predicted octanol–water partition coefficient (Wildman–Crippen LogP) is 2.23. The summed E-state index contributed by atoms with van der Waals surface area (Å²) in [5.74, 6) is 1.94. The van der Waals surface area contributed by atoms with E-state index in [4.69, 9.17) is 9.26 Å².